The molecule has 0 saturated carbocycles. The Kier molecular flexibility index (Phi) is 3.73. The lowest BCUT2D eigenvalue weighted by atomic mass is 9.80. The monoisotopic (exact) mass is 240 g/mol. The van der Waals surface area contributed by atoms with E-state index in [2.05, 4.69) is 13.8 Å². The zero-order chi connectivity index (χ0) is 12.5. The summed E-state index contributed by atoms with van der Waals surface area (Å²) >= 11 is 0. The van der Waals surface area contributed by atoms with Gasteiger partial charge in [0.05, 0.1) is 0 Å². The van der Waals surface area contributed by atoms with E-state index in [1.807, 2.05) is 4.90 Å². The molecule has 2 unspecified atom stereocenters. The van der Waals surface area contributed by atoms with Gasteiger partial charge in [0.2, 0.25) is 0 Å². The number of piperidine rings is 1. The SMILES string of the molecule is CC1CCOC1C(=O)N1CCC(C)(CN)CC1. The van der Waals surface area contributed by atoms with Crippen molar-refractivity contribution in [1.29, 1.82) is 0 Å². The molecule has 2 heterocycles. The van der Waals surface area contributed by atoms with Crippen LogP contribution in [0.15, 0.2) is 0 Å². The first kappa shape index (κ1) is 12.8. The molecule has 1 amide bonds. The van der Waals surface area contributed by atoms with Crippen molar-refractivity contribution in [1.82, 2.24) is 4.90 Å². The van der Waals surface area contributed by atoms with Crippen LogP contribution >= 0.6 is 0 Å². The summed E-state index contributed by atoms with van der Waals surface area (Å²) in [5.41, 5.74) is 6.00. The summed E-state index contributed by atoms with van der Waals surface area (Å²) in [5.74, 6) is 0.555. The van der Waals surface area contributed by atoms with E-state index in [1.165, 1.54) is 0 Å². The van der Waals surface area contributed by atoms with Crippen LogP contribution in [0.25, 0.3) is 0 Å². The van der Waals surface area contributed by atoms with Crippen molar-refractivity contribution < 1.29 is 9.53 Å². The van der Waals surface area contributed by atoms with Crippen LogP contribution in [0.5, 0.6) is 0 Å². The van der Waals surface area contributed by atoms with Gasteiger partial charge in [-0.1, -0.05) is 13.8 Å². The molecule has 2 aliphatic heterocycles. The van der Waals surface area contributed by atoms with Crippen LogP contribution < -0.4 is 5.73 Å². The van der Waals surface area contributed by atoms with Gasteiger partial charge < -0.3 is 15.4 Å². The largest absolute Gasteiger partial charge is 0.368 e. The average molecular weight is 240 g/mol. The second-order valence-electron chi connectivity index (χ2n) is 5.90. The van der Waals surface area contributed by atoms with Crippen LogP contribution in [-0.4, -0.2) is 43.2 Å². The molecule has 4 heteroatoms. The lowest BCUT2D eigenvalue weighted by Crippen LogP contribution is -2.48. The van der Waals surface area contributed by atoms with Gasteiger partial charge in [-0.05, 0) is 37.1 Å². The van der Waals surface area contributed by atoms with Crippen molar-refractivity contribution in [2.45, 2.75) is 39.2 Å². The predicted molar refractivity (Wildman–Crippen MR) is 66.5 cm³/mol. The van der Waals surface area contributed by atoms with Crippen molar-refractivity contribution >= 4 is 5.91 Å². The van der Waals surface area contributed by atoms with Crippen molar-refractivity contribution in [2.75, 3.05) is 26.2 Å². The van der Waals surface area contributed by atoms with Crippen molar-refractivity contribution in [3.63, 3.8) is 0 Å². The van der Waals surface area contributed by atoms with Gasteiger partial charge in [-0.2, -0.15) is 0 Å². The summed E-state index contributed by atoms with van der Waals surface area (Å²) in [6.07, 6.45) is 2.83. The highest BCUT2D eigenvalue weighted by Gasteiger charge is 2.37. The molecule has 2 saturated heterocycles. The zero-order valence-electron chi connectivity index (χ0n) is 10.9. The molecule has 0 aromatic heterocycles. The molecule has 17 heavy (non-hydrogen) atoms. The van der Waals surface area contributed by atoms with Crippen molar-refractivity contribution in [3.05, 3.63) is 0 Å². The second kappa shape index (κ2) is 4.94. The maximum Gasteiger partial charge on any atom is 0.251 e. The molecule has 0 aliphatic carbocycles. The zero-order valence-corrected chi connectivity index (χ0v) is 10.9. The van der Waals surface area contributed by atoms with Gasteiger partial charge in [-0.3, -0.25) is 4.79 Å². The van der Waals surface area contributed by atoms with Gasteiger partial charge in [0.15, 0.2) is 0 Å². The lowest BCUT2D eigenvalue weighted by molar-refractivity contribution is -0.144. The Morgan fingerprint density at radius 1 is 1.47 bits per heavy atom. The van der Waals surface area contributed by atoms with Gasteiger partial charge in [0.1, 0.15) is 6.10 Å². The molecule has 0 radical (unpaired) electrons. The minimum Gasteiger partial charge on any atom is -0.368 e. The van der Waals surface area contributed by atoms with Gasteiger partial charge >= 0.3 is 0 Å². The lowest BCUT2D eigenvalue weighted by Gasteiger charge is -2.39. The first-order valence-electron chi connectivity index (χ1n) is 6.66. The first-order valence-corrected chi connectivity index (χ1v) is 6.66. The molecule has 0 aromatic carbocycles. The van der Waals surface area contributed by atoms with Gasteiger partial charge in [0, 0.05) is 19.7 Å². The van der Waals surface area contributed by atoms with E-state index in [9.17, 15) is 4.79 Å². The van der Waals surface area contributed by atoms with Crippen LogP contribution in [0.3, 0.4) is 0 Å². The summed E-state index contributed by atoms with van der Waals surface area (Å²) in [6.45, 7) is 7.42. The number of nitrogens with zero attached hydrogens (tertiary/aromatic N) is 1. The summed E-state index contributed by atoms with van der Waals surface area (Å²) in [4.78, 5) is 14.2. The number of nitrogens with two attached hydrogens (primary N) is 1. The number of rotatable bonds is 2. The molecular weight excluding hydrogens is 216 g/mol. The van der Waals surface area contributed by atoms with Crippen molar-refractivity contribution in [3.8, 4) is 0 Å². The van der Waals surface area contributed by atoms with E-state index < -0.39 is 0 Å². The minimum absolute atomic E-state index is 0.189. The van der Waals surface area contributed by atoms with E-state index >= 15 is 0 Å². The normalized spacial score (nSPS) is 32.8. The third kappa shape index (κ3) is 2.63. The first-order chi connectivity index (χ1) is 8.06. The minimum atomic E-state index is -0.197. The van der Waals surface area contributed by atoms with E-state index in [1.54, 1.807) is 0 Å². The molecule has 2 N–H and O–H groups in total. The number of amides is 1. The van der Waals surface area contributed by atoms with E-state index in [4.69, 9.17) is 10.5 Å². The Balaban J connectivity index is 1.90. The average Bonchev–Trinajstić information content (AvgIpc) is 2.76. The maximum atomic E-state index is 12.3. The number of hydrogen-bond acceptors (Lipinski definition) is 3. The van der Waals surface area contributed by atoms with Crippen LogP contribution in [0.1, 0.15) is 33.1 Å². The van der Waals surface area contributed by atoms with Gasteiger partial charge in [-0.15, -0.1) is 0 Å². The Bertz CT molecular complexity index is 285. The molecule has 4 nitrogen and oxygen atoms in total. The molecule has 0 spiro atoms. The standard InChI is InChI=1S/C13H24N2O2/c1-10-3-8-17-11(10)12(16)15-6-4-13(2,9-14)5-7-15/h10-11H,3-9,14H2,1-2H3. The highest BCUT2D eigenvalue weighted by molar-refractivity contribution is 5.81. The van der Waals surface area contributed by atoms with Crippen molar-refractivity contribution in [2.24, 2.45) is 17.1 Å². The fourth-order valence-electron chi connectivity index (χ4n) is 2.66. The summed E-state index contributed by atoms with van der Waals surface area (Å²) in [5, 5.41) is 0. The topological polar surface area (TPSA) is 55.6 Å². The molecule has 2 fully saturated rings. The molecular formula is C13H24N2O2. The summed E-state index contributed by atoms with van der Waals surface area (Å²) in [6, 6.07) is 0. The fraction of sp³-hybridized carbons (Fsp3) is 0.923. The Morgan fingerprint density at radius 2 is 2.12 bits per heavy atom. The molecule has 0 aromatic rings. The summed E-state index contributed by atoms with van der Waals surface area (Å²) in [7, 11) is 0. The molecule has 2 atom stereocenters. The number of likely N-dealkylation sites (tertiary alicyclic amines) is 1. The number of ether oxygens (including phenoxy) is 1. The third-order valence-corrected chi connectivity index (χ3v) is 4.41. The van der Waals surface area contributed by atoms with E-state index in [0.717, 1.165) is 39.0 Å². The maximum absolute atomic E-state index is 12.3. The van der Waals surface area contributed by atoms with Gasteiger partial charge in [-0.25, -0.2) is 0 Å². The number of carbonyl (C=O) groups excluding carboxylic acids is 1. The number of hydrogen-bond donors (Lipinski definition) is 1. The number of carbonyl (C=O) groups is 1. The van der Waals surface area contributed by atoms with E-state index in [0.29, 0.717) is 12.5 Å². The highest BCUT2D eigenvalue weighted by atomic mass is 16.5. The molecule has 2 rings (SSSR count). The summed E-state index contributed by atoms with van der Waals surface area (Å²) < 4.78 is 5.54. The quantitative estimate of drug-likeness (QED) is 0.783. The smallest absolute Gasteiger partial charge is 0.251 e. The Hall–Kier alpha value is -0.610. The van der Waals surface area contributed by atoms with E-state index in [-0.39, 0.29) is 17.4 Å². The Morgan fingerprint density at radius 3 is 2.59 bits per heavy atom. The second-order valence-corrected chi connectivity index (χ2v) is 5.90. The van der Waals surface area contributed by atoms with Crippen LogP contribution in [-0.2, 0) is 9.53 Å². The fourth-order valence-corrected chi connectivity index (χ4v) is 2.66. The Labute approximate surface area is 103 Å². The molecule has 2 aliphatic rings. The van der Waals surface area contributed by atoms with Crippen LogP contribution in [0.4, 0.5) is 0 Å². The van der Waals surface area contributed by atoms with Gasteiger partial charge in [0.25, 0.3) is 5.91 Å². The predicted octanol–water partition coefficient (Wildman–Crippen LogP) is 0.999. The van der Waals surface area contributed by atoms with Crippen LogP contribution in [0, 0.1) is 11.3 Å². The molecule has 98 valence electrons. The molecule has 0 bridgehead atoms. The third-order valence-electron chi connectivity index (χ3n) is 4.41. The van der Waals surface area contributed by atoms with Crippen LogP contribution in [0.2, 0.25) is 0 Å². The highest BCUT2D eigenvalue weighted by Crippen LogP contribution is 2.31.